The quantitative estimate of drug-likeness (QED) is 0.842. The fraction of sp³-hybridized carbons (Fsp3) is 0.462. The number of alkyl halides is 3. The highest BCUT2D eigenvalue weighted by atomic mass is 32.2. The smallest absolute Gasteiger partial charge is 0.207 e. The highest BCUT2D eigenvalue weighted by Gasteiger charge is 2.44. The van der Waals surface area contributed by atoms with Crippen molar-refractivity contribution in [3.8, 4) is 6.07 Å². The van der Waals surface area contributed by atoms with Crippen LogP contribution in [-0.4, -0.2) is 32.0 Å². The average Bonchev–Trinajstić information content (AvgIpc) is 2.46. The van der Waals surface area contributed by atoms with E-state index in [4.69, 9.17) is 5.26 Å². The predicted octanol–water partition coefficient (Wildman–Crippen LogP) is 2.52. The van der Waals surface area contributed by atoms with E-state index in [9.17, 15) is 21.6 Å². The third-order valence-corrected chi connectivity index (χ3v) is 5.40. The van der Waals surface area contributed by atoms with E-state index in [0.717, 1.165) is 4.31 Å². The zero-order valence-corrected chi connectivity index (χ0v) is 11.8. The molecule has 1 unspecified atom stereocenters. The number of benzene rings is 1. The van der Waals surface area contributed by atoms with Gasteiger partial charge in [-0.1, -0.05) is 12.1 Å². The summed E-state index contributed by atoms with van der Waals surface area (Å²) < 4.78 is 64.0. The summed E-state index contributed by atoms with van der Waals surface area (Å²) in [5.74, 6) is -1.66. The van der Waals surface area contributed by atoms with Gasteiger partial charge in [-0.2, -0.15) is 22.7 Å². The predicted molar refractivity (Wildman–Crippen MR) is 68.7 cm³/mol. The Bertz CT molecular complexity index is 665. The van der Waals surface area contributed by atoms with Crippen LogP contribution >= 0.6 is 0 Å². The Morgan fingerprint density at radius 2 is 1.95 bits per heavy atom. The summed E-state index contributed by atoms with van der Waals surface area (Å²) in [7, 11) is -4.09. The molecule has 0 spiro atoms. The van der Waals surface area contributed by atoms with Gasteiger partial charge in [-0.3, -0.25) is 0 Å². The lowest BCUT2D eigenvalue weighted by Gasteiger charge is -2.33. The molecule has 0 bridgehead atoms. The van der Waals surface area contributed by atoms with Gasteiger partial charge in [0.1, 0.15) is 6.07 Å². The molecule has 1 aromatic carbocycles. The first kappa shape index (κ1) is 15.8. The van der Waals surface area contributed by atoms with Crippen molar-refractivity contribution >= 4 is 10.0 Å². The van der Waals surface area contributed by atoms with Crippen molar-refractivity contribution in [3.05, 3.63) is 29.8 Å². The van der Waals surface area contributed by atoms with Crippen molar-refractivity contribution in [1.82, 2.24) is 4.31 Å². The Balaban J connectivity index is 2.34. The number of hydrogen-bond donors (Lipinski definition) is 0. The summed E-state index contributed by atoms with van der Waals surface area (Å²) in [5.41, 5.74) is -0.0633. The van der Waals surface area contributed by atoms with Gasteiger partial charge in [0.2, 0.25) is 10.0 Å². The van der Waals surface area contributed by atoms with E-state index in [1.54, 1.807) is 6.07 Å². The van der Waals surface area contributed by atoms with Gasteiger partial charge in [-0.05, 0) is 25.0 Å². The van der Waals surface area contributed by atoms with E-state index < -0.39 is 28.7 Å². The zero-order chi connectivity index (χ0) is 15.7. The maximum atomic E-state index is 12.8. The largest absolute Gasteiger partial charge is 0.393 e. The Labute approximate surface area is 120 Å². The van der Waals surface area contributed by atoms with E-state index in [0.29, 0.717) is 0 Å². The van der Waals surface area contributed by atoms with Crippen LogP contribution in [-0.2, 0) is 10.0 Å². The Hall–Kier alpha value is -1.59. The summed E-state index contributed by atoms with van der Waals surface area (Å²) in [6.07, 6.45) is -4.34. The SMILES string of the molecule is N#Cc1ccccc1S(=O)(=O)N1CCCC(C(F)(F)F)C1. The van der Waals surface area contributed by atoms with Crippen molar-refractivity contribution in [1.29, 1.82) is 5.26 Å². The van der Waals surface area contributed by atoms with Gasteiger partial charge in [0.25, 0.3) is 0 Å². The van der Waals surface area contributed by atoms with Crippen LogP contribution in [0, 0.1) is 17.2 Å². The fourth-order valence-corrected chi connectivity index (χ4v) is 4.02. The van der Waals surface area contributed by atoms with Crippen LogP contribution < -0.4 is 0 Å². The van der Waals surface area contributed by atoms with Crippen LogP contribution in [0.2, 0.25) is 0 Å². The number of piperidine rings is 1. The lowest BCUT2D eigenvalue weighted by molar-refractivity contribution is -0.182. The lowest BCUT2D eigenvalue weighted by Crippen LogP contribution is -2.44. The van der Waals surface area contributed by atoms with Gasteiger partial charge >= 0.3 is 6.18 Å². The molecule has 4 nitrogen and oxygen atoms in total. The molecular weight excluding hydrogens is 305 g/mol. The molecule has 1 aliphatic heterocycles. The van der Waals surface area contributed by atoms with Gasteiger partial charge < -0.3 is 0 Å². The second-order valence-corrected chi connectivity index (χ2v) is 6.76. The molecule has 2 rings (SSSR count). The van der Waals surface area contributed by atoms with Crippen LogP contribution in [0.25, 0.3) is 0 Å². The minimum atomic E-state index is -4.41. The van der Waals surface area contributed by atoms with Crippen LogP contribution in [0.1, 0.15) is 18.4 Å². The third-order valence-electron chi connectivity index (χ3n) is 3.47. The molecule has 1 fully saturated rings. The highest BCUT2D eigenvalue weighted by molar-refractivity contribution is 7.89. The second kappa shape index (κ2) is 5.66. The first-order valence-corrected chi connectivity index (χ1v) is 7.77. The maximum absolute atomic E-state index is 12.8. The molecule has 1 aromatic rings. The zero-order valence-electron chi connectivity index (χ0n) is 11.0. The van der Waals surface area contributed by atoms with Gasteiger partial charge in [0.15, 0.2) is 0 Å². The molecule has 1 aliphatic rings. The van der Waals surface area contributed by atoms with Gasteiger partial charge in [0.05, 0.1) is 16.4 Å². The molecule has 21 heavy (non-hydrogen) atoms. The van der Waals surface area contributed by atoms with E-state index >= 15 is 0 Å². The molecule has 0 amide bonds. The third kappa shape index (κ3) is 3.19. The summed E-state index contributed by atoms with van der Waals surface area (Å²) in [5, 5.41) is 8.95. The minimum absolute atomic E-state index is 0.0364. The molecule has 0 aliphatic carbocycles. The highest BCUT2D eigenvalue weighted by Crippen LogP contribution is 2.35. The minimum Gasteiger partial charge on any atom is -0.207 e. The van der Waals surface area contributed by atoms with E-state index in [-0.39, 0.29) is 29.8 Å². The van der Waals surface area contributed by atoms with E-state index in [2.05, 4.69) is 0 Å². The fourth-order valence-electron chi connectivity index (χ4n) is 2.35. The number of hydrogen-bond acceptors (Lipinski definition) is 3. The topological polar surface area (TPSA) is 61.2 Å². The molecule has 114 valence electrons. The molecule has 0 radical (unpaired) electrons. The Kier molecular flexibility index (Phi) is 4.25. The molecular formula is C13H13F3N2O2S. The molecule has 1 saturated heterocycles. The molecule has 1 atom stereocenters. The molecule has 0 aromatic heterocycles. The number of halogens is 3. The number of rotatable bonds is 2. The van der Waals surface area contributed by atoms with Crippen molar-refractivity contribution in [2.24, 2.45) is 5.92 Å². The van der Waals surface area contributed by atoms with Crippen molar-refractivity contribution in [2.45, 2.75) is 23.9 Å². The van der Waals surface area contributed by atoms with Crippen LogP contribution in [0.3, 0.4) is 0 Å². The molecule has 1 heterocycles. The normalized spacial score (nSPS) is 21.0. The molecule has 0 saturated carbocycles. The maximum Gasteiger partial charge on any atom is 0.393 e. The van der Waals surface area contributed by atoms with Gasteiger partial charge in [0, 0.05) is 13.1 Å². The number of nitrogens with zero attached hydrogens (tertiary/aromatic N) is 2. The van der Waals surface area contributed by atoms with Crippen molar-refractivity contribution < 1.29 is 21.6 Å². The summed E-state index contributed by atoms with van der Waals surface area (Å²) in [4.78, 5) is -0.240. The Morgan fingerprint density at radius 3 is 2.57 bits per heavy atom. The Morgan fingerprint density at radius 1 is 1.29 bits per heavy atom. The molecule has 8 heteroatoms. The van der Waals surface area contributed by atoms with Gasteiger partial charge in [-0.25, -0.2) is 8.42 Å². The standard InChI is InChI=1S/C13H13F3N2O2S/c14-13(15,16)11-5-3-7-18(9-11)21(19,20)12-6-2-1-4-10(12)8-17/h1-2,4,6,11H,3,5,7,9H2. The van der Waals surface area contributed by atoms with Crippen LogP contribution in [0.15, 0.2) is 29.2 Å². The van der Waals surface area contributed by atoms with Crippen molar-refractivity contribution in [2.75, 3.05) is 13.1 Å². The van der Waals surface area contributed by atoms with Crippen LogP contribution in [0.4, 0.5) is 13.2 Å². The molecule has 0 N–H and O–H groups in total. The van der Waals surface area contributed by atoms with E-state index in [1.165, 1.54) is 24.3 Å². The number of nitriles is 1. The van der Waals surface area contributed by atoms with Crippen LogP contribution in [0.5, 0.6) is 0 Å². The first-order valence-electron chi connectivity index (χ1n) is 6.33. The van der Waals surface area contributed by atoms with E-state index in [1.807, 2.05) is 0 Å². The van der Waals surface area contributed by atoms with Gasteiger partial charge in [-0.15, -0.1) is 0 Å². The lowest BCUT2D eigenvalue weighted by atomic mass is 9.99. The van der Waals surface area contributed by atoms with Crippen molar-refractivity contribution in [3.63, 3.8) is 0 Å². The number of sulfonamides is 1. The summed E-state index contributed by atoms with van der Waals surface area (Å²) >= 11 is 0. The monoisotopic (exact) mass is 318 g/mol. The second-order valence-electron chi connectivity index (χ2n) is 4.85. The summed E-state index contributed by atoms with van der Waals surface area (Å²) in [6.45, 7) is -0.555. The average molecular weight is 318 g/mol. The summed E-state index contributed by atoms with van der Waals surface area (Å²) in [6, 6.07) is 7.28. The first-order chi connectivity index (χ1) is 9.76.